The van der Waals surface area contributed by atoms with Gasteiger partial charge in [0, 0.05) is 6.20 Å². The molecule has 11 heteroatoms. The number of carboxylic acid groups (broad SMARTS) is 1. The molecule has 8 nitrogen and oxygen atoms in total. The van der Waals surface area contributed by atoms with Gasteiger partial charge in [0.05, 0.1) is 34.0 Å². The van der Waals surface area contributed by atoms with Crippen LogP contribution >= 0.6 is 11.6 Å². The second-order valence-corrected chi connectivity index (χ2v) is 10.6. The maximum absolute atomic E-state index is 13.1. The molecule has 2 fully saturated rings. The number of pyridine rings is 1. The number of halogens is 2. The van der Waals surface area contributed by atoms with Gasteiger partial charge in [-0.15, -0.1) is 0 Å². The Kier molecular flexibility index (Phi) is 7.76. The molecule has 0 spiro atoms. The summed E-state index contributed by atoms with van der Waals surface area (Å²) in [6.45, 7) is 0.453. The van der Waals surface area contributed by atoms with Crippen LogP contribution in [-0.4, -0.2) is 42.0 Å². The van der Waals surface area contributed by atoms with E-state index in [1.54, 1.807) is 18.5 Å². The lowest BCUT2D eigenvalue weighted by Gasteiger charge is -2.14. The first-order chi connectivity index (χ1) is 15.6. The molecular weight excluding hydrogens is 473 g/mol. The molecule has 2 aliphatic rings. The predicted octanol–water partition coefficient (Wildman–Crippen LogP) is 4.21. The number of benzene rings is 1. The van der Waals surface area contributed by atoms with Crippen molar-refractivity contribution < 1.29 is 27.4 Å². The lowest BCUT2D eigenvalue weighted by atomic mass is 10.1. The summed E-state index contributed by atoms with van der Waals surface area (Å²) in [5.74, 6) is 0.280. The molecule has 1 aromatic heterocycles. The van der Waals surface area contributed by atoms with E-state index in [9.17, 15) is 17.6 Å². The molecule has 2 N–H and O–H groups in total. The van der Waals surface area contributed by atoms with E-state index in [1.807, 2.05) is 12.1 Å². The van der Waals surface area contributed by atoms with Crippen molar-refractivity contribution in [3.63, 3.8) is 0 Å². The number of hydrogen-bond donors (Lipinski definition) is 2. The maximum Gasteiger partial charge on any atom is 0.405 e. The number of rotatable bonds is 6. The summed E-state index contributed by atoms with van der Waals surface area (Å²) in [4.78, 5) is 13.9. The molecule has 1 aromatic carbocycles. The monoisotopic (exact) mass is 495 g/mol. The summed E-state index contributed by atoms with van der Waals surface area (Å²) < 4.78 is 44.3. The fourth-order valence-electron chi connectivity index (χ4n) is 3.59. The number of ether oxygens (including phenoxy) is 1. The summed E-state index contributed by atoms with van der Waals surface area (Å²) in [7, 11) is -3.57. The van der Waals surface area contributed by atoms with Crippen molar-refractivity contribution >= 4 is 27.5 Å². The van der Waals surface area contributed by atoms with Crippen molar-refractivity contribution in [2.45, 2.75) is 47.8 Å². The first kappa shape index (κ1) is 24.7. The molecule has 1 amide bonds. The predicted molar refractivity (Wildman–Crippen MR) is 118 cm³/mol. The number of amides is 1. The van der Waals surface area contributed by atoms with Gasteiger partial charge >= 0.3 is 6.09 Å². The lowest BCUT2D eigenvalue weighted by Crippen LogP contribution is -2.33. The van der Waals surface area contributed by atoms with Crippen LogP contribution < -0.4 is 10.1 Å². The number of carbonyl (C=O) groups is 1. The highest BCUT2D eigenvalue weighted by Gasteiger charge is 2.44. The van der Waals surface area contributed by atoms with Crippen LogP contribution in [0.5, 0.6) is 5.75 Å². The minimum Gasteiger partial charge on any atom is -0.492 e. The van der Waals surface area contributed by atoms with Crippen LogP contribution in [0.2, 0.25) is 5.02 Å². The standard InChI is InChI=1S/C17H17ClFNO3S.C5H6N2O2/c18-16-9-13(19)4-6-17(16)24(21,22)15-5-3-12(8-15)11-23-14-2-1-7-20-10-14;6-3-5(1-2-5)7-4(8)9/h1-2,4,6-7,9-10,12,15H,3,5,8,11H2;7H,1-2H2,(H,8,9)/t12-,15+;/m1./s1. The summed E-state index contributed by atoms with van der Waals surface area (Å²) >= 11 is 5.92. The second-order valence-electron chi connectivity index (χ2n) is 8.04. The van der Waals surface area contributed by atoms with Crippen LogP contribution in [0, 0.1) is 23.1 Å². The van der Waals surface area contributed by atoms with Crippen molar-refractivity contribution in [2.24, 2.45) is 5.92 Å². The molecule has 0 aliphatic heterocycles. The van der Waals surface area contributed by atoms with E-state index in [0.717, 1.165) is 18.6 Å². The molecule has 0 unspecified atom stereocenters. The third-order valence-electron chi connectivity index (χ3n) is 5.56. The molecule has 33 heavy (non-hydrogen) atoms. The summed E-state index contributed by atoms with van der Waals surface area (Å²) in [6, 6.07) is 8.89. The van der Waals surface area contributed by atoms with Gasteiger partial charge in [0.15, 0.2) is 9.84 Å². The smallest absolute Gasteiger partial charge is 0.405 e. The quantitative estimate of drug-likeness (QED) is 0.574. The van der Waals surface area contributed by atoms with E-state index in [4.69, 9.17) is 26.7 Å². The van der Waals surface area contributed by atoms with Crippen molar-refractivity contribution in [1.29, 1.82) is 5.26 Å². The van der Waals surface area contributed by atoms with E-state index >= 15 is 0 Å². The van der Waals surface area contributed by atoms with Gasteiger partial charge in [-0.25, -0.2) is 17.6 Å². The number of aromatic nitrogens is 1. The lowest BCUT2D eigenvalue weighted by molar-refractivity contribution is 0.191. The first-order valence-corrected chi connectivity index (χ1v) is 12.2. The largest absolute Gasteiger partial charge is 0.492 e. The van der Waals surface area contributed by atoms with Gasteiger partial charge in [0.1, 0.15) is 17.1 Å². The Balaban J connectivity index is 0.000000286. The van der Waals surface area contributed by atoms with Crippen LogP contribution in [0.15, 0.2) is 47.6 Å². The second kappa shape index (κ2) is 10.4. The molecule has 176 valence electrons. The average molecular weight is 496 g/mol. The summed E-state index contributed by atoms with van der Waals surface area (Å²) in [5.41, 5.74) is -0.730. The van der Waals surface area contributed by atoms with Gasteiger partial charge < -0.3 is 15.2 Å². The van der Waals surface area contributed by atoms with Crippen molar-refractivity contribution in [3.05, 3.63) is 53.6 Å². The Morgan fingerprint density at radius 1 is 1.36 bits per heavy atom. The average Bonchev–Trinajstić information content (AvgIpc) is 3.36. The van der Waals surface area contributed by atoms with Crippen LogP contribution in [0.25, 0.3) is 0 Å². The number of hydrogen-bond acceptors (Lipinski definition) is 6. The van der Waals surface area contributed by atoms with E-state index in [2.05, 4.69) is 10.3 Å². The third kappa shape index (κ3) is 6.55. The van der Waals surface area contributed by atoms with Crippen molar-refractivity contribution in [3.8, 4) is 11.8 Å². The number of nitrogens with zero attached hydrogens (tertiary/aromatic N) is 2. The summed E-state index contributed by atoms with van der Waals surface area (Å²) in [5, 5.41) is 18.0. The molecule has 2 saturated carbocycles. The Hall–Kier alpha value is -2.90. The minimum atomic E-state index is -3.57. The molecule has 2 aromatic rings. The van der Waals surface area contributed by atoms with Crippen LogP contribution in [0.4, 0.5) is 9.18 Å². The van der Waals surface area contributed by atoms with Gasteiger partial charge in [0.25, 0.3) is 0 Å². The molecule has 0 radical (unpaired) electrons. The third-order valence-corrected chi connectivity index (χ3v) is 8.26. The van der Waals surface area contributed by atoms with E-state index in [1.165, 1.54) is 6.07 Å². The topological polar surface area (TPSA) is 129 Å². The van der Waals surface area contributed by atoms with E-state index in [0.29, 0.717) is 38.0 Å². The Labute approximate surface area is 196 Å². The highest BCUT2D eigenvalue weighted by molar-refractivity contribution is 7.92. The maximum atomic E-state index is 13.1. The molecule has 0 bridgehead atoms. The van der Waals surface area contributed by atoms with Gasteiger partial charge in [-0.1, -0.05) is 11.6 Å². The van der Waals surface area contributed by atoms with Crippen molar-refractivity contribution in [2.75, 3.05) is 6.61 Å². The van der Waals surface area contributed by atoms with E-state index in [-0.39, 0.29) is 15.8 Å². The first-order valence-electron chi connectivity index (χ1n) is 10.3. The van der Waals surface area contributed by atoms with E-state index < -0.39 is 32.5 Å². The number of nitrogens with one attached hydrogen (secondary N) is 1. The molecule has 2 aliphatic carbocycles. The normalized spacial score (nSPS) is 20.6. The zero-order chi connectivity index (χ0) is 24.1. The Morgan fingerprint density at radius 2 is 2.12 bits per heavy atom. The number of nitriles is 1. The van der Waals surface area contributed by atoms with Crippen molar-refractivity contribution in [1.82, 2.24) is 10.3 Å². The fraction of sp³-hybridized carbons (Fsp3) is 0.409. The zero-order valence-electron chi connectivity index (χ0n) is 17.6. The SMILES string of the molecule is N#CC1(NC(=O)O)CC1.O=S(=O)(c1ccc(F)cc1Cl)[C@H]1CC[C@@H](COc2cccnc2)C1. The molecule has 1 heterocycles. The van der Waals surface area contributed by atoms with Crippen LogP contribution in [0.1, 0.15) is 32.1 Å². The molecule has 4 rings (SSSR count). The fourth-order valence-corrected chi connectivity index (χ4v) is 6.00. The molecule has 0 saturated heterocycles. The molecule has 2 atom stereocenters. The molecular formula is C22H23ClFN3O5S. The minimum absolute atomic E-state index is 0.00407. The van der Waals surface area contributed by atoms with Gasteiger partial charge in [-0.3, -0.25) is 4.98 Å². The highest BCUT2D eigenvalue weighted by atomic mass is 35.5. The summed E-state index contributed by atoms with van der Waals surface area (Å²) in [6.07, 6.45) is 5.30. The Bertz CT molecular complexity index is 1140. The van der Waals surface area contributed by atoms with Gasteiger partial charge in [-0.05, 0) is 68.4 Å². The number of sulfone groups is 1. The highest BCUT2D eigenvalue weighted by Crippen LogP contribution is 2.36. The Morgan fingerprint density at radius 3 is 2.67 bits per heavy atom. The van der Waals surface area contributed by atoms with Gasteiger partial charge in [0.2, 0.25) is 0 Å². The zero-order valence-corrected chi connectivity index (χ0v) is 19.2. The van der Waals surface area contributed by atoms with Crippen LogP contribution in [-0.2, 0) is 9.84 Å². The van der Waals surface area contributed by atoms with Gasteiger partial charge in [-0.2, -0.15) is 5.26 Å². The van der Waals surface area contributed by atoms with Crippen LogP contribution in [0.3, 0.4) is 0 Å².